The Kier molecular flexibility index (Phi) is 4.71. The van der Waals surface area contributed by atoms with Crippen LogP contribution in [0.5, 0.6) is 0 Å². The van der Waals surface area contributed by atoms with E-state index in [1.165, 1.54) is 17.6 Å². The second-order valence-corrected chi connectivity index (χ2v) is 6.47. The molecule has 0 saturated carbocycles. The maximum Gasteiger partial charge on any atom is 0.289 e. The minimum atomic E-state index is -0.239. The van der Waals surface area contributed by atoms with Crippen molar-refractivity contribution in [1.82, 2.24) is 15.1 Å². The minimum absolute atomic E-state index is 0.110. The Morgan fingerprint density at radius 2 is 2.35 bits per heavy atom. The smallest absolute Gasteiger partial charge is 0.289 e. The van der Waals surface area contributed by atoms with Gasteiger partial charge in [-0.1, -0.05) is 18.3 Å². The largest absolute Gasteiger partial charge is 0.459 e. The number of amides is 2. The molecule has 2 amide bonds. The van der Waals surface area contributed by atoms with Gasteiger partial charge >= 0.3 is 0 Å². The number of hydrogen-bond acceptors (Lipinski definition) is 6. The molecule has 0 aromatic carbocycles. The van der Waals surface area contributed by atoms with Crippen molar-refractivity contribution < 1.29 is 14.0 Å². The van der Waals surface area contributed by atoms with E-state index in [0.29, 0.717) is 24.0 Å². The topological polar surface area (TPSA) is 88.3 Å². The summed E-state index contributed by atoms with van der Waals surface area (Å²) in [6.07, 6.45) is 3.82. The number of carbonyl (C=O) groups is 2. The first-order valence-corrected chi connectivity index (χ1v) is 8.45. The number of nitrogens with one attached hydrogen (secondary N) is 1. The van der Waals surface area contributed by atoms with Gasteiger partial charge in [0.05, 0.1) is 12.2 Å². The lowest BCUT2D eigenvalue weighted by Gasteiger charge is -2.31. The van der Waals surface area contributed by atoms with Crippen LogP contribution in [0.1, 0.15) is 35.3 Å². The van der Waals surface area contributed by atoms with Gasteiger partial charge in [-0.05, 0) is 31.4 Å². The molecule has 2 aromatic rings. The Bertz CT molecular complexity index is 683. The zero-order valence-corrected chi connectivity index (χ0v) is 13.6. The van der Waals surface area contributed by atoms with Gasteiger partial charge in [-0.25, -0.2) is 0 Å². The number of anilines is 1. The summed E-state index contributed by atoms with van der Waals surface area (Å²) < 4.78 is 5.15. The van der Waals surface area contributed by atoms with Crippen LogP contribution in [0.3, 0.4) is 0 Å². The van der Waals surface area contributed by atoms with E-state index in [9.17, 15) is 9.59 Å². The van der Waals surface area contributed by atoms with E-state index < -0.39 is 0 Å². The lowest BCUT2D eigenvalue weighted by atomic mass is 9.97. The summed E-state index contributed by atoms with van der Waals surface area (Å²) in [5.41, 5.74) is 0. The van der Waals surface area contributed by atoms with Crippen LogP contribution in [-0.2, 0) is 11.2 Å². The highest BCUT2D eigenvalue weighted by Crippen LogP contribution is 2.22. The van der Waals surface area contributed by atoms with Crippen molar-refractivity contribution >= 4 is 28.3 Å². The van der Waals surface area contributed by atoms with E-state index in [0.717, 1.165) is 24.3 Å². The monoisotopic (exact) mass is 334 g/mol. The first-order chi connectivity index (χ1) is 11.2. The molecule has 0 radical (unpaired) electrons. The first-order valence-electron chi connectivity index (χ1n) is 7.63. The maximum absolute atomic E-state index is 12.4. The lowest BCUT2D eigenvalue weighted by Crippen LogP contribution is -2.43. The molecule has 1 aliphatic rings. The van der Waals surface area contributed by atoms with Crippen LogP contribution < -0.4 is 5.32 Å². The number of hydrogen-bond donors (Lipinski definition) is 1. The summed E-state index contributed by atoms with van der Waals surface area (Å²) in [6.45, 7) is 3.03. The average Bonchev–Trinajstić information content (AvgIpc) is 3.26. The number of nitrogens with zero attached hydrogens (tertiary/aromatic N) is 3. The van der Waals surface area contributed by atoms with Gasteiger partial charge < -0.3 is 14.6 Å². The standard InChI is InChI=1S/C15H18N4O3S/c1-2-12-17-18-15(23-12)16-13(20)10-5-3-7-19(9-10)14(21)11-6-4-8-22-11/h4,6,8,10H,2-3,5,7,9H2,1H3,(H,16,18,20). The molecule has 0 aliphatic carbocycles. The Balaban J connectivity index is 1.61. The Morgan fingerprint density at radius 3 is 3.04 bits per heavy atom. The van der Waals surface area contributed by atoms with Gasteiger partial charge in [0.25, 0.3) is 5.91 Å². The molecule has 1 aliphatic heterocycles. The predicted molar refractivity (Wildman–Crippen MR) is 85.3 cm³/mol. The zero-order chi connectivity index (χ0) is 16.2. The van der Waals surface area contributed by atoms with E-state index >= 15 is 0 Å². The van der Waals surface area contributed by atoms with Crippen molar-refractivity contribution in [2.45, 2.75) is 26.2 Å². The number of furan rings is 1. The molecule has 122 valence electrons. The van der Waals surface area contributed by atoms with Gasteiger partial charge in [-0.3, -0.25) is 9.59 Å². The number of rotatable bonds is 4. The fourth-order valence-corrected chi connectivity index (χ4v) is 3.27. The molecule has 3 rings (SSSR count). The van der Waals surface area contributed by atoms with E-state index in [2.05, 4.69) is 15.5 Å². The molecule has 1 fully saturated rings. The van der Waals surface area contributed by atoms with Crippen LogP contribution in [-0.4, -0.2) is 40.0 Å². The molecule has 8 heteroatoms. The molecule has 1 atom stereocenters. The van der Waals surface area contributed by atoms with Crippen LogP contribution in [0.4, 0.5) is 5.13 Å². The average molecular weight is 334 g/mol. The summed E-state index contributed by atoms with van der Waals surface area (Å²) in [5, 5.41) is 12.2. The van der Waals surface area contributed by atoms with Gasteiger partial charge in [-0.2, -0.15) is 0 Å². The molecule has 2 aromatic heterocycles. The molecule has 1 unspecified atom stereocenters. The Labute approximate surface area is 137 Å². The number of piperidine rings is 1. The number of carbonyl (C=O) groups excluding carboxylic acids is 2. The lowest BCUT2D eigenvalue weighted by molar-refractivity contribution is -0.121. The second-order valence-electron chi connectivity index (χ2n) is 5.41. The maximum atomic E-state index is 12.4. The Morgan fingerprint density at radius 1 is 1.48 bits per heavy atom. The van der Waals surface area contributed by atoms with E-state index in [1.54, 1.807) is 17.0 Å². The van der Waals surface area contributed by atoms with Crippen LogP contribution in [0.2, 0.25) is 0 Å². The molecular weight excluding hydrogens is 316 g/mol. The highest BCUT2D eigenvalue weighted by molar-refractivity contribution is 7.15. The van der Waals surface area contributed by atoms with Gasteiger partial charge in [-0.15, -0.1) is 10.2 Å². The fraction of sp³-hybridized carbons (Fsp3) is 0.467. The quantitative estimate of drug-likeness (QED) is 0.926. The molecule has 0 spiro atoms. The third-order valence-corrected chi connectivity index (χ3v) is 4.79. The molecular formula is C15H18N4O3S. The van der Waals surface area contributed by atoms with E-state index in [4.69, 9.17) is 4.42 Å². The normalized spacial score (nSPS) is 18.0. The predicted octanol–water partition coefficient (Wildman–Crippen LogP) is 2.18. The summed E-state index contributed by atoms with van der Waals surface area (Å²) in [6, 6.07) is 3.32. The minimum Gasteiger partial charge on any atom is -0.459 e. The van der Waals surface area contributed by atoms with Crippen molar-refractivity contribution in [2.24, 2.45) is 5.92 Å². The Hall–Kier alpha value is -2.22. The third kappa shape index (κ3) is 3.58. The summed E-state index contributed by atoms with van der Waals surface area (Å²) in [4.78, 5) is 26.4. The summed E-state index contributed by atoms with van der Waals surface area (Å²) >= 11 is 1.38. The van der Waals surface area contributed by atoms with Crippen molar-refractivity contribution in [1.29, 1.82) is 0 Å². The van der Waals surface area contributed by atoms with Crippen LogP contribution in [0.25, 0.3) is 0 Å². The molecule has 1 saturated heterocycles. The molecule has 23 heavy (non-hydrogen) atoms. The first kappa shape index (κ1) is 15.7. The van der Waals surface area contributed by atoms with Crippen LogP contribution in [0, 0.1) is 5.92 Å². The van der Waals surface area contributed by atoms with Gasteiger partial charge in [0, 0.05) is 13.1 Å². The van der Waals surface area contributed by atoms with Gasteiger partial charge in [0.1, 0.15) is 5.01 Å². The third-order valence-electron chi connectivity index (χ3n) is 3.81. The number of aromatic nitrogens is 2. The number of aryl methyl sites for hydroxylation is 1. The van der Waals surface area contributed by atoms with Crippen LogP contribution >= 0.6 is 11.3 Å². The highest BCUT2D eigenvalue weighted by Gasteiger charge is 2.30. The SMILES string of the molecule is CCc1nnc(NC(=O)C2CCCN(C(=O)c3ccco3)C2)s1. The summed E-state index contributed by atoms with van der Waals surface area (Å²) in [5.74, 6) is -0.211. The molecule has 3 heterocycles. The fourth-order valence-electron chi connectivity index (χ4n) is 2.59. The highest BCUT2D eigenvalue weighted by atomic mass is 32.1. The van der Waals surface area contributed by atoms with Crippen molar-refractivity contribution in [3.63, 3.8) is 0 Å². The molecule has 1 N–H and O–H groups in total. The van der Waals surface area contributed by atoms with Gasteiger partial charge in [0.15, 0.2) is 5.76 Å². The molecule has 7 nitrogen and oxygen atoms in total. The number of likely N-dealkylation sites (tertiary alicyclic amines) is 1. The van der Waals surface area contributed by atoms with Crippen LogP contribution in [0.15, 0.2) is 22.8 Å². The van der Waals surface area contributed by atoms with Gasteiger partial charge in [0.2, 0.25) is 11.0 Å². The zero-order valence-electron chi connectivity index (χ0n) is 12.8. The van der Waals surface area contributed by atoms with Crippen molar-refractivity contribution in [3.05, 3.63) is 29.2 Å². The summed E-state index contributed by atoms with van der Waals surface area (Å²) in [7, 11) is 0. The molecule has 0 bridgehead atoms. The van der Waals surface area contributed by atoms with E-state index in [1.807, 2.05) is 6.92 Å². The van der Waals surface area contributed by atoms with Crippen molar-refractivity contribution in [3.8, 4) is 0 Å². The second kappa shape index (κ2) is 6.91. The van der Waals surface area contributed by atoms with Crippen molar-refractivity contribution in [2.75, 3.05) is 18.4 Å². The van der Waals surface area contributed by atoms with E-state index in [-0.39, 0.29) is 17.7 Å².